The van der Waals surface area contributed by atoms with Crippen molar-refractivity contribution in [2.75, 3.05) is 33.4 Å². The third-order valence-corrected chi connectivity index (χ3v) is 3.83. The van der Waals surface area contributed by atoms with Crippen LogP contribution in [0, 0.1) is 0 Å². The van der Waals surface area contributed by atoms with Crippen LogP contribution in [0.2, 0.25) is 0 Å². The Balaban J connectivity index is 1.71. The van der Waals surface area contributed by atoms with E-state index in [1.165, 1.54) is 30.9 Å². The van der Waals surface area contributed by atoms with Gasteiger partial charge in [-0.2, -0.15) is 0 Å². The molecule has 1 aliphatic rings. The van der Waals surface area contributed by atoms with Crippen molar-refractivity contribution in [3.8, 4) is 0 Å². The molecule has 1 saturated heterocycles. The molecule has 0 bridgehead atoms. The highest BCUT2D eigenvalue weighted by molar-refractivity contribution is 7.09. The standard InChI is InChI=1S/C12H21N3OS/c1-16-7-4-13-8-11-10-17-12(14-11)9-15-5-2-3-6-15/h10,13H,2-9H2,1H3. The van der Waals surface area contributed by atoms with Crippen LogP contribution in [-0.4, -0.2) is 43.2 Å². The summed E-state index contributed by atoms with van der Waals surface area (Å²) >= 11 is 1.78. The maximum atomic E-state index is 4.99. The van der Waals surface area contributed by atoms with Crippen molar-refractivity contribution in [1.29, 1.82) is 0 Å². The number of likely N-dealkylation sites (tertiary alicyclic amines) is 1. The summed E-state index contributed by atoms with van der Waals surface area (Å²) in [5.41, 5.74) is 1.15. The second-order valence-corrected chi connectivity index (χ2v) is 5.33. The minimum absolute atomic E-state index is 0.755. The Hall–Kier alpha value is -0.490. The molecule has 0 amide bonds. The third-order valence-electron chi connectivity index (χ3n) is 2.95. The molecule has 0 saturated carbocycles. The molecular weight excluding hydrogens is 234 g/mol. The highest BCUT2D eigenvalue weighted by atomic mass is 32.1. The number of hydrogen-bond acceptors (Lipinski definition) is 5. The van der Waals surface area contributed by atoms with Crippen molar-refractivity contribution in [1.82, 2.24) is 15.2 Å². The fraction of sp³-hybridized carbons (Fsp3) is 0.750. The largest absolute Gasteiger partial charge is 0.383 e. The van der Waals surface area contributed by atoms with Crippen LogP contribution in [0.3, 0.4) is 0 Å². The van der Waals surface area contributed by atoms with Gasteiger partial charge in [0, 0.05) is 25.6 Å². The van der Waals surface area contributed by atoms with Gasteiger partial charge < -0.3 is 10.1 Å². The van der Waals surface area contributed by atoms with Gasteiger partial charge in [0.25, 0.3) is 0 Å². The number of methoxy groups -OCH3 is 1. The van der Waals surface area contributed by atoms with Gasteiger partial charge in [0.1, 0.15) is 5.01 Å². The Labute approximate surface area is 107 Å². The summed E-state index contributed by atoms with van der Waals surface area (Å²) in [6.45, 7) is 5.99. The van der Waals surface area contributed by atoms with Crippen LogP contribution in [0.25, 0.3) is 0 Å². The quantitative estimate of drug-likeness (QED) is 0.749. The van der Waals surface area contributed by atoms with E-state index in [2.05, 4.69) is 20.6 Å². The maximum absolute atomic E-state index is 4.99. The van der Waals surface area contributed by atoms with Crippen molar-refractivity contribution in [2.24, 2.45) is 0 Å². The number of nitrogens with zero attached hydrogens (tertiary/aromatic N) is 2. The summed E-state index contributed by atoms with van der Waals surface area (Å²) in [6, 6.07) is 0. The molecule has 96 valence electrons. The second kappa shape index (κ2) is 7.06. The number of thiazole rings is 1. The number of ether oxygens (including phenoxy) is 1. The predicted octanol–water partition coefficient (Wildman–Crippen LogP) is 1.47. The van der Waals surface area contributed by atoms with Crippen LogP contribution in [0.5, 0.6) is 0 Å². The summed E-state index contributed by atoms with van der Waals surface area (Å²) in [5, 5.41) is 6.72. The Bertz CT molecular complexity index is 323. The monoisotopic (exact) mass is 255 g/mol. The molecule has 0 unspecified atom stereocenters. The zero-order valence-corrected chi connectivity index (χ0v) is 11.3. The Morgan fingerprint density at radius 3 is 3.06 bits per heavy atom. The Kier molecular flexibility index (Phi) is 5.38. The third kappa shape index (κ3) is 4.35. The molecule has 17 heavy (non-hydrogen) atoms. The molecule has 1 N–H and O–H groups in total. The molecular formula is C12H21N3OS. The molecule has 0 aliphatic carbocycles. The summed E-state index contributed by atoms with van der Waals surface area (Å²) < 4.78 is 4.99. The lowest BCUT2D eigenvalue weighted by atomic mass is 10.4. The first kappa shape index (κ1) is 13.0. The highest BCUT2D eigenvalue weighted by Crippen LogP contribution is 2.16. The number of aromatic nitrogens is 1. The molecule has 0 atom stereocenters. The SMILES string of the molecule is COCCNCc1csc(CN2CCCC2)n1. The topological polar surface area (TPSA) is 37.4 Å². The van der Waals surface area contributed by atoms with E-state index in [0.717, 1.165) is 31.9 Å². The smallest absolute Gasteiger partial charge is 0.107 e. The summed E-state index contributed by atoms with van der Waals surface area (Å²) in [4.78, 5) is 7.13. The van der Waals surface area contributed by atoms with Gasteiger partial charge in [0.2, 0.25) is 0 Å². The van der Waals surface area contributed by atoms with Crippen molar-refractivity contribution in [2.45, 2.75) is 25.9 Å². The van der Waals surface area contributed by atoms with Crippen molar-refractivity contribution < 1.29 is 4.74 Å². The number of rotatable bonds is 7. The lowest BCUT2D eigenvalue weighted by molar-refractivity contribution is 0.199. The van der Waals surface area contributed by atoms with Crippen molar-refractivity contribution >= 4 is 11.3 Å². The summed E-state index contributed by atoms with van der Waals surface area (Å²) in [7, 11) is 1.72. The maximum Gasteiger partial charge on any atom is 0.107 e. The molecule has 1 fully saturated rings. The molecule has 2 heterocycles. The first-order chi connectivity index (χ1) is 8.38. The fourth-order valence-electron chi connectivity index (χ4n) is 2.03. The number of nitrogens with one attached hydrogen (secondary N) is 1. The molecule has 0 radical (unpaired) electrons. The molecule has 1 aromatic rings. The van der Waals surface area contributed by atoms with E-state index in [9.17, 15) is 0 Å². The van der Waals surface area contributed by atoms with E-state index in [0.29, 0.717) is 0 Å². The van der Waals surface area contributed by atoms with Gasteiger partial charge in [0.05, 0.1) is 18.8 Å². The van der Waals surface area contributed by atoms with Gasteiger partial charge in [-0.3, -0.25) is 4.90 Å². The van der Waals surface area contributed by atoms with Gasteiger partial charge in [-0.05, 0) is 25.9 Å². The van der Waals surface area contributed by atoms with Gasteiger partial charge >= 0.3 is 0 Å². The van der Waals surface area contributed by atoms with Gasteiger partial charge in [0.15, 0.2) is 0 Å². The minimum Gasteiger partial charge on any atom is -0.383 e. The fourth-order valence-corrected chi connectivity index (χ4v) is 2.86. The predicted molar refractivity (Wildman–Crippen MR) is 70.2 cm³/mol. The lowest BCUT2D eigenvalue weighted by Crippen LogP contribution is -2.19. The molecule has 1 aromatic heterocycles. The van der Waals surface area contributed by atoms with Crippen molar-refractivity contribution in [3.63, 3.8) is 0 Å². The zero-order chi connectivity index (χ0) is 11.9. The van der Waals surface area contributed by atoms with E-state index in [4.69, 9.17) is 4.74 Å². The normalized spacial score (nSPS) is 16.8. The van der Waals surface area contributed by atoms with E-state index < -0.39 is 0 Å². The molecule has 4 nitrogen and oxygen atoms in total. The molecule has 1 aliphatic heterocycles. The Morgan fingerprint density at radius 2 is 2.29 bits per heavy atom. The van der Waals surface area contributed by atoms with E-state index in [1.807, 2.05) is 0 Å². The van der Waals surface area contributed by atoms with Crippen LogP contribution in [-0.2, 0) is 17.8 Å². The first-order valence-electron chi connectivity index (χ1n) is 6.24. The van der Waals surface area contributed by atoms with Crippen LogP contribution >= 0.6 is 11.3 Å². The van der Waals surface area contributed by atoms with Crippen LogP contribution in [0.1, 0.15) is 23.5 Å². The average molecular weight is 255 g/mol. The number of hydrogen-bond donors (Lipinski definition) is 1. The molecule has 2 rings (SSSR count). The molecule has 5 heteroatoms. The molecule has 0 spiro atoms. The van der Waals surface area contributed by atoms with Gasteiger partial charge in [-0.1, -0.05) is 0 Å². The summed E-state index contributed by atoms with van der Waals surface area (Å²) in [6.07, 6.45) is 2.69. The van der Waals surface area contributed by atoms with Gasteiger partial charge in [-0.25, -0.2) is 4.98 Å². The van der Waals surface area contributed by atoms with E-state index in [1.54, 1.807) is 18.4 Å². The highest BCUT2D eigenvalue weighted by Gasteiger charge is 2.13. The average Bonchev–Trinajstić information content (AvgIpc) is 2.97. The van der Waals surface area contributed by atoms with Crippen molar-refractivity contribution in [3.05, 3.63) is 16.1 Å². The molecule has 0 aromatic carbocycles. The van der Waals surface area contributed by atoms with E-state index >= 15 is 0 Å². The second-order valence-electron chi connectivity index (χ2n) is 4.39. The minimum atomic E-state index is 0.755. The van der Waals surface area contributed by atoms with E-state index in [-0.39, 0.29) is 0 Å². The lowest BCUT2D eigenvalue weighted by Gasteiger charge is -2.11. The zero-order valence-electron chi connectivity index (χ0n) is 10.4. The van der Waals surface area contributed by atoms with Gasteiger partial charge in [-0.15, -0.1) is 11.3 Å². The summed E-state index contributed by atoms with van der Waals surface area (Å²) in [5.74, 6) is 0. The Morgan fingerprint density at radius 1 is 1.47 bits per heavy atom. The van der Waals surface area contributed by atoms with Crippen LogP contribution in [0.4, 0.5) is 0 Å². The van der Waals surface area contributed by atoms with Crippen LogP contribution in [0.15, 0.2) is 5.38 Å². The van der Waals surface area contributed by atoms with Crippen LogP contribution < -0.4 is 5.32 Å². The first-order valence-corrected chi connectivity index (χ1v) is 7.12.